The number of pyridine rings is 1. The van der Waals surface area contributed by atoms with Crippen molar-refractivity contribution in [3.05, 3.63) is 48.2 Å². The fourth-order valence-electron chi connectivity index (χ4n) is 2.07. The molecule has 0 radical (unpaired) electrons. The van der Waals surface area contributed by atoms with Gasteiger partial charge >= 0.3 is 0 Å². The van der Waals surface area contributed by atoms with Crippen LogP contribution in [0.1, 0.15) is 26.0 Å². The SMILES string of the molecule is CCC(C)C(O)CNC(=O)/C=C/c1ccc2ccccc2n1. The van der Waals surface area contributed by atoms with Gasteiger partial charge in [-0.25, -0.2) is 4.98 Å². The molecule has 2 aromatic rings. The lowest BCUT2D eigenvalue weighted by Crippen LogP contribution is -2.34. The Morgan fingerprint density at radius 1 is 1.32 bits per heavy atom. The molecule has 4 nitrogen and oxygen atoms in total. The molecule has 2 atom stereocenters. The summed E-state index contributed by atoms with van der Waals surface area (Å²) in [4.78, 5) is 16.2. The van der Waals surface area contributed by atoms with Crippen LogP contribution in [0, 0.1) is 5.92 Å². The van der Waals surface area contributed by atoms with Crippen molar-refractivity contribution in [1.29, 1.82) is 0 Å². The number of carbonyl (C=O) groups is 1. The van der Waals surface area contributed by atoms with Crippen LogP contribution in [0.5, 0.6) is 0 Å². The number of nitrogens with zero attached hydrogens (tertiary/aromatic N) is 1. The summed E-state index contributed by atoms with van der Waals surface area (Å²) in [5.74, 6) is -0.0521. The Morgan fingerprint density at radius 2 is 2.09 bits per heavy atom. The summed E-state index contributed by atoms with van der Waals surface area (Å²) in [7, 11) is 0. The maximum absolute atomic E-state index is 11.8. The van der Waals surface area contributed by atoms with Gasteiger partial charge in [-0.05, 0) is 24.1 Å². The van der Waals surface area contributed by atoms with E-state index in [1.165, 1.54) is 6.08 Å². The molecule has 1 amide bonds. The highest BCUT2D eigenvalue weighted by atomic mass is 16.3. The highest BCUT2D eigenvalue weighted by molar-refractivity contribution is 5.91. The Labute approximate surface area is 130 Å². The van der Waals surface area contributed by atoms with Gasteiger partial charge in [-0.3, -0.25) is 4.79 Å². The number of hydrogen-bond acceptors (Lipinski definition) is 3. The first kappa shape index (κ1) is 16.2. The highest BCUT2D eigenvalue weighted by Crippen LogP contribution is 2.12. The molecule has 0 aliphatic rings. The second kappa shape index (κ2) is 7.71. The van der Waals surface area contributed by atoms with Crippen molar-refractivity contribution in [2.45, 2.75) is 26.4 Å². The average molecular weight is 298 g/mol. The fraction of sp³-hybridized carbons (Fsp3) is 0.333. The lowest BCUT2D eigenvalue weighted by atomic mass is 10.0. The van der Waals surface area contributed by atoms with E-state index in [2.05, 4.69) is 10.3 Å². The van der Waals surface area contributed by atoms with E-state index in [4.69, 9.17) is 0 Å². The summed E-state index contributed by atoms with van der Waals surface area (Å²) in [6.45, 7) is 4.25. The van der Waals surface area contributed by atoms with E-state index in [9.17, 15) is 9.90 Å². The van der Waals surface area contributed by atoms with Gasteiger partial charge in [0.1, 0.15) is 0 Å². The van der Waals surface area contributed by atoms with Crippen LogP contribution in [0.2, 0.25) is 0 Å². The summed E-state index contributed by atoms with van der Waals surface area (Å²) in [6.07, 6.45) is 3.49. The molecule has 116 valence electrons. The second-order valence-electron chi connectivity index (χ2n) is 5.46. The van der Waals surface area contributed by atoms with Crippen molar-refractivity contribution in [3.63, 3.8) is 0 Å². The fourth-order valence-corrected chi connectivity index (χ4v) is 2.07. The largest absolute Gasteiger partial charge is 0.391 e. The minimum atomic E-state index is -0.513. The number of fused-ring (bicyclic) bond motifs is 1. The summed E-state index contributed by atoms with van der Waals surface area (Å²) in [5.41, 5.74) is 1.63. The molecule has 2 rings (SSSR count). The predicted octanol–water partition coefficient (Wildman–Crippen LogP) is 2.77. The summed E-state index contributed by atoms with van der Waals surface area (Å²) < 4.78 is 0. The van der Waals surface area contributed by atoms with Crippen LogP contribution in [0.3, 0.4) is 0 Å². The van der Waals surface area contributed by atoms with E-state index in [1.807, 2.05) is 50.2 Å². The van der Waals surface area contributed by atoms with Crippen LogP contribution < -0.4 is 5.32 Å². The monoisotopic (exact) mass is 298 g/mol. The topological polar surface area (TPSA) is 62.2 Å². The molecule has 0 aliphatic heterocycles. The van der Waals surface area contributed by atoms with Gasteiger partial charge in [-0.2, -0.15) is 0 Å². The maximum atomic E-state index is 11.8. The molecule has 0 fully saturated rings. The minimum absolute atomic E-state index is 0.173. The maximum Gasteiger partial charge on any atom is 0.244 e. The number of rotatable bonds is 6. The number of aliphatic hydroxyl groups is 1. The molecule has 2 unspecified atom stereocenters. The quantitative estimate of drug-likeness (QED) is 0.806. The van der Waals surface area contributed by atoms with E-state index in [0.717, 1.165) is 23.0 Å². The smallest absolute Gasteiger partial charge is 0.244 e. The van der Waals surface area contributed by atoms with Gasteiger partial charge in [0, 0.05) is 18.0 Å². The Bertz CT molecular complexity index is 667. The zero-order chi connectivity index (χ0) is 15.9. The molecule has 1 heterocycles. The van der Waals surface area contributed by atoms with Crippen molar-refractivity contribution in [1.82, 2.24) is 10.3 Å². The van der Waals surface area contributed by atoms with E-state index in [0.29, 0.717) is 0 Å². The minimum Gasteiger partial charge on any atom is -0.391 e. The number of aliphatic hydroxyl groups excluding tert-OH is 1. The van der Waals surface area contributed by atoms with Crippen molar-refractivity contribution in [3.8, 4) is 0 Å². The van der Waals surface area contributed by atoms with E-state index >= 15 is 0 Å². The predicted molar refractivity (Wildman–Crippen MR) is 89.2 cm³/mol. The van der Waals surface area contributed by atoms with Gasteiger partial charge in [0.25, 0.3) is 0 Å². The third kappa shape index (κ3) is 4.40. The van der Waals surface area contributed by atoms with Crippen molar-refractivity contribution < 1.29 is 9.90 Å². The van der Waals surface area contributed by atoms with Gasteiger partial charge in [-0.1, -0.05) is 44.5 Å². The molecular formula is C18H22N2O2. The Balaban J connectivity index is 1.93. The number of amides is 1. The summed E-state index contributed by atoms with van der Waals surface area (Å²) >= 11 is 0. The van der Waals surface area contributed by atoms with Gasteiger partial charge in [0.2, 0.25) is 5.91 Å². The zero-order valence-electron chi connectivity index (χ0n) is 13.0. The lowest BCUT2D eigenvalue weighted by molar-refractivity contribution is -0.117. The van der Waals surface area contributed by atoms with Crippen LogP contribution in [0.4, 0.5) is 0 Å². The molecule has 1 aromatic carbocycles. The van der Waals surface area contributed by atoms with Crippen molar-refractivity contribution in [2.24, 2.45) is 5.92 Å². The molecule has 4 heteroatoms. The van der Waals surface area contributed by atoms with Crippen LogP contribution in [-0.4, -0.2) is 28.6 Å². The molecule has 0 saturated carbocycles. The van der Waals surface area contributed by atoms with Gasteiger partial charge < -0.3 is 10.4 Å². The Hall–Kier alpha value is -2.20. The first-order valence-corrected chi connectivity index (χ1v) is 7.60. The number of carbonyl (C=O) groups excluding carboxylic acids is 1. The summed E-state index contributed by atoms with van der Waals surface area (Å²) in [5, 5.41) is 13.6. The Kier molecular flexibility index (Phi) is 5.67. The molecule has 2 N–H and O–H groups in total. The van der Waals surface area contributed by atoms with Crippen molar-refractivity contribution >= 4 is 22.9 Å². The van der Waals surface area contributed by atoms with Crippen LogP contribution in [-0.2, 0) is 4.79 Å². The third-order valence-electron chi connectivity index (χ3n) is 3.81. The van der Waals surface area contributed by atoms with E-state index in [-0.39, 0.29) is 18.4 Å². The van der Waals surface area contributed by atoms with E-state index < -0.39 is 6.10 Å². The molecule has 0 bridgehead atoms. The summed E-state index contributed by atoms with van der Waals surface area (Å²) in [6, 6.07) is 11.7. The van der Waals surface area contributed by atoms with Crippen molar-refractivity contribution in [2.75, 3.05) is 6.54 Å². The second-order valence-corrected chi connectivity index (χ2v) is 5.46. The number of aromatic nitrogens is 1. The Morgan fingerprint density at radius 3 is 2.86 bits per heavy atom. The number of hydrogen-bond donors (Lipinski definition) is 2. The van der Waals surface area contributed by atoms with E-state index in [1.54, 1.807) is 6.08 Å². The third-order valence-corrected chi connectivity index (χ3v) is 3.81. The molecule has 1 aromatic heterocycles. The number of benzene rings is 1. The first-order chi connectivity index (χ1) is 10.6. The number of para-hydroxylation sites is 1. The normalized spacial score (nSPS) is 14.1. The lowest BCUT2D eigenvalue weighted by Gasteiger charge is -2.16. The number of nitrogens with one attached hydrogen (secondary N) is 1. The van der Waals surface area contributed by atoms with Gasteiger partial charge in [0.15, 0.2) is 0 Å². The molecular weight excluding hydrogens is 276 g/mol. The zero-order valence-corrected chi connectivity index (χ0v) is 13.0. The standard InChI is InChI=1S/C18H22N2O2/c1-3-13(2)17(21)12-19-18(22)11-10-15-9-8-14-6-4-5-7-16(14)20-15/h4-11,13,17,21H,3,12H2,1-2H3,(H,19,22)/b11-10+. The molecule has 0 aliphatic carbocycles. The van der Waals surface area contributed by atoms with Crippen LogP contribution >= 0.6 is 0 Å². The van der Waals surface area contributed by atoms with Gasteiger partial charge in [-0.15, -0.1) is 0 Å². The van der Waals surface area contributed by atoms with Crippen LogP contribution in [0.15, 0.2) is 42.5 Å². The molecule has 22 heavy (non-hydrogen) atoms. The first-order valence-electron chi connectivity index (χ1n) is 7.60. The molecule has 0 saturated heterocycles. The average Bonchev–Trinajstić information content (AvgIpc) is 2.56. The van der Waals surface area contributed by atoms with Gasteiger partial charge in [0.05, 0.1) is 17.3 Å². The molecule has 0 spiro atoms. The van der Waals surface area contributed by atoms with Crippen LogP contribution in [0.25, 0.3) is 17.0 Å². The highest BCUT2D eigenvalue weighted by Gasteiger charge is 2.12.